The smallest absolute Gasteiger partial charge is 0.280 e. The van der Waals surface area contributed by atoms with E-state index in [1.807, 2.05) is 0 Å². The van der Waals surface area contributed by atoms with E-state index in [-0.39, 0.29) is 41.8 Å². The summed E-state index contributed by atoms with van der Waals surface area (Å²) >= 11 is 0. The fraction of sp³-hybridized carbons (Fsp3) is 0.312. The predicted octanol–water partition coefficient (Wildman–Crippen LogP) is 1.91. The quantitative estimate of drug-likeness (QED) is 0.610. The molecule has 1 fully saturated rings. The summed E-state index contributed by atoms with van der Waals surface area (Å²) in [6.07, 6.45) is 2.29. The zero-order chi connectivity index (χ0) is 18.1. The van der Waals surface area contributed by atoms with E-state index in [1.165, 1.54) is 12.4 Å². The van der Waals surface area contributed by atoms with Gasteiger partial charge in [-0.2, -0.15) is 4.98 Å². The number of aliphatic hydroxyl groups excluding tert-OH is 1. The van der Waals surface area contributed by atoms with Crippen molar-refractivity contribution in [2.45, 2.75) is 25.2 Å². The van der Waals surface area contributed by atoms with Crippen molar-refractivity contribution in [1.29, 1.82) is 0 Å². The van der Waals surface area contributed by atoms with Crippen LogP contribution in [0.4, 0.5) is 11.6 Å². The van der Waals surface area contributed by atoms with Gasteiger partial charge in [0.2, 0.25) is 0 Å². The van der Waals surface area contributed by atoms with Gasteiger partial charge >= 0.3 is 0 Å². The minimum atomic E-state index is -0.448. The summed E-state index contributed by atoms with van der Waals surface area (Å²) in [6.45, 7) is -0.0584. The van der Waals surface area contributed by atoms with Crippen LogP contribution >= 0.6 is 0 Å². The molecule has 3 aromatic rings. The average Bonchev–Trinajstić information content (AvgIpc) is 3.27. The number of H-pyrrole nitrogens is 1. The summed E-state index contributed by atoms with van der Waals surface area (Å²) in [6, 6.07) is 6.44. The Bertz CT molecular complexity index is 1030. The third-order valence-corrected chi connectivity index (χ3v) is 4.15. The number of para-hydroxylation sites is 1. The highest BCUT2D eigenvalue weighted by atomic mass is 16.5. The van der Waals surface area contributed by atoms with E-state index >= 15 is 0 Å². The summed E-state index contributed by atoms with van der Waals surface area (Å²) in [5.41, 5.74) is 0.302. The number of nitrogens with zero attached hydrogens (tertiary/aromatic N) is 5. The maximum Gasteiger partial charge on any atom is 0.280 e. The van der Waals surface area contributed by atoms with Crippen molar-refractivity contribution in [2.75, 3.05) is 6.61 Å². The normalized spacial score (nSPS) is 20.3. The van der Waals surface area contributed by atoms with Crippen LogP contribution in [0.15, 0.2) is 45.6 Å². The minimum Gasteiger partial charge on any atom is -0.506 e. The molecule has 1 aliphatic heterocycles. The van der Waals surface area contributed by atoms with Crippen LogP contribution in [0, 0.1) is 0 Å². The van der Waals surface area contributed by atoms with Crippen LogP contribution in [0.3, 0.4) is 0 Å². The maximum atomic E-state index is 12.2. The third-order valence-electron chi connectivity index (χ3n) is 4.15. The second-order valence-electron chi connectivity index (χ2n) is 5.87. The maximum absolute atomic E-state index is 12.2. The standard InChI is InChI=1S/C16H16N6O4/c23-7-9-5-6-12(26-9)22-8-17-13-14(22)18-16(19-15(13)25)21-20-10-3-1-2-4-11(10)24/h1-4,8-9,12,23-24H,5-7H2,(H,18,19,25)/b21-20+. The number of aromatic hydroxyl groups is 1. The summed E-state index contributed by atoms with van der Waals surface area (Å²) in [5, 5.41) is 26.7. The number of hydrogen-bond donors (Lipinski definition) is 3. The Labute approximate surface area is 146 Å². The number of aromatic amines is 1. The summed E-state index contributed by atoms with van der Waals surface area (Å²) in [7, 11) is 0. The minimum absolute atomic E-state index is 0.00999. The van der Waals surface area contributed by atoms with E-state index in [1.54, 1.807) is 22.8 Å². The van der Waals surface area contributed by atoms with Gasteiger partial charge < -0.3 is 14.9 Å². The molecule has 1 saturated heterocycles. The summed E-state index contributed by atoms with van der Waals surface area (Å²) in [4.78, 5) is 23.1. The molecule has 10 heteroatoms. The molecule has 0 radical (unpaired) electrons. The zero-order valence-electron chi connectivity index (χ0n) is 13.6. The molecule has 0 aliphatic carbocycles. The van der Waals surface area contributed by atoms with Crippen molar-refractivity contribution in [2.24, 2.45) is 10.2 Å². The molecule has 4 rings (SSSR count). The number of rotatable bonds is 4. The number of phenols is 1. The van der Waals surface area contributed by atoms with Crippen LogP contribution in [0.2, 0.25) is 0 Å². The Morgan fingerprint density at radius 1 is 1.31 bits per heavy atom. The molecule has 26 heavy (non-hydrogen) atoms. The van der Waals surface area contributed by atoms with Gasteiger partial charge in [-0.15, -0.1) is 10.2 Å². The number of nitrogens with one attached hydrogen (secondary N) is 1. The highest BCUT2D eigenvalue weighted by Crippen LogP contribution is 2.30. The molecule has 2 unspecified atom stereocenters. The Hall–Kier alpha value is -3.11. The fourth-order valence-corrected chi connectivity index (χ4v) is 2.85. The molecule has 2 atom stereocenters. The highest BCUT2D eigenvalue weighted by Gasteiger charge is 2.27. The van der Waals surface area contributed by atoms with Gasteiger partial charge in [0.1, 0.15) is 17.7 Å². The summed E-state index contributed by atoms with van der Waals surface area (Å²) < 4.78 is 7.37. The first-order valence-electron chi connectivity index (χ1n) is 8.08. The van der Waals surface area contributed by atoms with Gasteiger partial charge in [-0.05, 0) is 25.0 Å². The lowest BCUT2D eigenvalue weighted by molar-refractivity contribution is -0.0207. The van der Waals surface area contributed by atoms with Crippen molar-refractivity contribution >= 4 is 22.8 Å². The molecule has 1 aliphatic rings. The fourth-order valence-electron chi connectivity index (χ4n) is 2.85. The highest BCUT2D eigenvalue weighted by molar-refractivity contribution is 5.70. The van der Waals surface area contributed by atoms with Crippen molar-refractivity contribution in [1.82, 2.24) is 19.5 Å². The van der Waals surface area contributed by atoms with Gasteiger partial charge in [-0.25, -0.2) is 4.98 Å². The molecular formula is C16H16N6O4. The number of azo groups is 1. The van der Waals surface area contributed by atoms with E-state index in [9.17, 15) is 15.0 Å². The van der Waals surface area contributed by atoms with Gasteiger partial charge in [-0.1, -0.05) is 12.1 Å². The molecule has 1 aromatic carbocycles. The largest absolute Gasteiger partial charge is 0.506 e. The van der Waals surface area contributed by atoms with Gasteiger partial charge in [0.25, 0.3) is 11.5 Å². The van der Waals surface area contributed by atoms with Crippen LogP contribution in [-0.4, -0.2) is 42.4 Å². The SMILES string of the molecule is O=c1[nH]c(/N=N/c2ccccc2O)nc2c1ncn2C1CCC(CO)O1. The van der Waals surface area contributed by atoms with Crippen molar-refractivity contribution < 1.29 is 14.9 Å². The van der Waals surface area contributed by atoms with Crippen molar-refractivity contribution in [3.8, 4) is 5.75 Å². The summed E-state index contributed by atoms with van der Waals surface area (Å²) in [5.74, 6) is -0.0386. The average molecular weight is 356 g/mol. The molecule has 0 saturated carbocycles. The second-order valence-corrected chi connectivity index (χ2v) is 5.87. The number of aromatic nitrogens is 4. The first-order valence-corrected chi connectivity index (χ1v) is 8.08. The first-order chi connectivity index (χ1) is 12.7. The topological polar surface area (TPSA) is 138 Å². The van der Waals surface area contributed by atoms with Crippen LogP contribution in [0.5, 0.6) is 5.75 Å². The number of phenolic OH excluding ortho intramolecular Hbond substituents is 1. The van der Waals surface area contributed by atoms with E-state index in [4.69, 9.17) is 4.74 Å². The Kier molecular flexibility index (Phi) is 4.19. The van der Waals surface area contributed by atoms with Gasteiger partial charge in [-0.3, -0.25) is 14.3 Å². The third kappa shape index (κ3) is 2.95. The van der Waals surface area contributed by atoms with Crippen LogP contribution in [-0.2, 0) is 4.74 Å². The molecule has 2 aromatic heterocycles. The van der Waals surface area contributed by atoms with Crippen molar-refractivity contribution in [3.63, 3.8) is 0 Å². The van der Waals surface area contributed by atoms with Crippen LogP contribution in [0.25, 0.3) is 11.2 Å². The number of hydrogen-bond acceptors (Lipinski definition) is 8. The number of benzene rings is 1. The Balaban J connectivity index is 1.70. The molecule has 3 heterocycles. The zero-order valence-corrected chi connectivity index (χ0v) is 13.6. The van der Waals surface area contributed by atoms with E-state index in [2.05, 4.69) is 25.2 Å². The Morgan fingerprint density at radius 3 is 2.92 bits per heavy atom. The number of ether oxygens (including phenoxy) is 1. The second kappa shape index (κ2) is 6.65. The van der Waals surface area contributed by atoms with Gasteiger partial charge in [0.15, 0.2) is 11.2 Å². The lowest BCUT2D eigenvalue weighted by atomic mass is 10.2. The van der Waals surface area contributed by atoms with Crippen molar-refractivity contribution in [3.05, 3.63) is 40.9 Å². The number of aliphatic hydroxyl groups is 1. The Morgan fingerprint density at radius 2 is 2.15 bits per heavy atom. The van der Waals surface area contributed by atoms with E-state index in [0.717, 1.165) is 0 Å². The first kappa shape index (κ1) is 16.4. The number of imidazole rings is 1. The van der Waals surface area contributed by atoms with Gasteiger partial charge in [0, 0.05) is 0 Å². The molecule has 0 bridgehead atoms. The molecule has 134 valence electrons. The van der Waals surface area contributed by atoms with Crippen LogP contribution in [0.1, 0.15) is 19.1 Å². The lowest BCUT2D eigenvalue weighted by Gasteiger charge is -2.13. The molecule has 10 nitrogen and oxygen atoms in total. The monoisotopic (exact) mass is 356 g/mol. The molecule has 0 spiro atoms. The van der Waals surface area contributed by atoms with Crippen LogP contribution < -0.4 is 5.56 Å². The predicted molar refractivity (Wildman–Crippen MR) is 90.7 cm³/mol. The lowest BCUT2D eigenvalue weighted by Crippen LogP contribution is -2.15. The molecule has 3 N–H and O–H groups in total. The molecule has 0 amide bonds. The molecular weight excluding hydrogens is 340 g/mol. The van der Waals surface area contributed by atoms with E-state index in [0.29, 0.717) is 18.5 Å². The van der Waals surface area contributed by atoms with Gasteiger partial charge in [0.05, 0.1) is 19.0 Å². The number of fused-ring (bicyclic) bond motifs is 1. The van der Waals surface area contributed by atoms with E-state index < -0.39 is 5.56 Å².